The number of nitrogens with one attached hydrogen (secondary N) is 1. The molecule has 0 atom stereocenters. The van der Waals surface area contributed by atoms with Crippen LogP contribution in [0.2, 0.25) is 5.02 Å². The van der Waals surface area contributed by atoms with Gasteiger partial charge >= 0.3 is 11.9 Å². The van der Waals surface area contributed by atoms with E-state index in [1.54, 1.807) is 0 Å². The lowest BCUT2D eigenvalue weighted by Gasteiger charge is -2.09. The van der Waals surface area contributed by atoms with Gasteiger partial charge in [0.15, 0.2) is 0 Å². The molecule has 1 aromatic carbocycles. The van der Waals surface area contributed by atoms with E-state index in [2.05, 4.69) is 9.46 Å². The van der Waals surface area contributed by atoms with Gasteiger partial charge in [0.2, 0.25) is 10.0 Å². The molecule has 7 nitrogen and oxygen atoms in total. The van der Waals surface area contributed by atoms with E-state index in [1.807, 2.05) is 0 Å². The Hall–Kier alpha value is -1.64. The van der Waals surface area contributed by atoms with Gasteiger partial charge in [-0.05, 0) is 18.2 Å². The number of hydrogen-bond donors (Lipinski definition) is 2. The molecule has 0 saturated heterocycles. The van der Waals surface area contributed by atoms with E-state index < -0.39 is 22.0 Å². The summed E-state index contributed by atoms with van der Waals surface area (Å²) in [5.41, 5.74) is 0.0236. The van der Waals surface area contributed by atoms with E-state index in [-0.39, 0.29) is 28.4 Å². The van der Waals surface area contributed by atoms with Crippen LogP contribution >= 0.6 is 11.6 Å². The van der Waals surface area contributed by atoms with Crippen molar-refractivity contribution in [2.75, 3.05) is 13.7 Å². The Bertz CT molecular complexity index is 628. The van der Waals surface area contributed by atoms with Gasteiger partial charge in [-0.1, -0.05) is 11.6 Å². The average Bonchev–Trinajstić information content (AvgIpc) is 2.37. The number of sulfonamides is 1. The molecular weight excluding hydrogens is 310 g/mol. The summed E-state index contributed by atoms with van der Waals surface area (Å²) >= 11 is 5.78. The zero-order chi connectivity index (χ0) is 15.3. The smallest absolute Gasteiger partial charge is 0.337 e. The van der Waals surface area contributed by atoms with Gasteiger partial charge in [-0.25, -0.2) is 17.9 Å². The number of ether oxygens (including phenoxy) is 1. The molecule has 20 heavy (non-hydrogen) atoms. The van der Waals surface area contributed by atoms with E-state index in [9.17, 15) is 18.0 Å². The Balaban J connectivity index is 3.04. The summed E-state index contributed by atoms with van der Waals surface area (Å²) < 4.78 is 30.5. The molecule has 0 aliphatic carbocycles. The highest BCUT2D eigenvalue weighted by molar-refractivity contribution is 7.89. The number of carbonyl (C=O) groups excluding carboxylic acids is 1. The maximum absolute atomic E-state index is 12.0. The minimum atomic E-state index is -4.00. The zero-order valence-corrected chi connectivity index (χ0v) is 12.0. The molecule has 0 aliphatic heterocycles. The lowest BCUT2D eigenvalue weighted by atomic mass is 10.2. The molecule has 1 aromatic rings. The Morgan fingerprint density at radius 3 is 2.60 bits per heavy atom. The third kappa shape index (κ3) is 4.19. The van der Waals surface area contributed by atoms with Crippen molar-refractivity contribution in [2.24, 2.45) is 0 Å². The SMILES string of the molecule is COC(=O)c1ccc(Cl)c(S(=O)(=O)NCCC(=O)O)c1. The van der Waals surface area contributed by atoms with Crippen LogP contribution < -0.4 is 4.72 Å². The molecule has 0 aromatic heterocycles. The Kier molecular flexibility index (Phi) is 5.49. The summed E-state index contributed by atoms with van der Waals surface area (Å²) in [6.45, 7) is -0.281. The molecule has 0 unspecified atom stereocenters. The van der Waals surface area contributed by atoms with Gasteiger partial charge in [0.05, 0.1) is 24.1 Å². The van der Waals surface area contributed by atoms with Gasteiger partial charge in [0, 0.05) is 6.54 Å². The van der Waals surface area contributed by atoms with Crippen LogP contribution in [0.3, 0.4) is 0 Å². The molecule has 0 aliphatic rings. The topological polar surface area (TPSA) is 110 Å². The molecule has 0 heterocycles. The molecule has 1 rings (SSSR count). The fourth-order valence-electron chi connectivity index (χ4n) is 1.32. The quantitative estimate of drug-likeness (QED) is 0.753. The van der Waals surface area contributed by atoms with Crippen molar-refractivity contribution in [1.29, 1.82) is 0 Å². The number of aliphatic carboxylic acids is 1. The van der Waals surface area contributed by atoms with Crippen LogP contribution in [0.1, 0.15) is 16.8 Å². The monoisotopic (exact) mass is 321 g/mol. The fraction of sp³-hybridized carbons (Fsp3) is 0.273. The van der Waals surface area contributed by atoms with Crippen molar-refractivity contribution in [3.8, 4) is 0 Å². The standard InChI is InChI=1S/C11H12ClNO6S/c1-19-11(16)7-2-3-8(12)9(6-7)20(17,18)13-5-4-10(14)15/h2-3,6,13H,4-5H2,1H3,(H,14,15). The highest BCUT2D eigenvalue weighted by Crippen LogP contribution is 2.22. The number of carboxylic acid groups (broad SMARTS) is 1. The van der Waals surface area contributed by atoms with Crippen LogP contribution in [-0.2, 0) is 19.6 Å². The highest BCUT2D eigenvalue weighted by atomic mass is 35.5. The number of halogens is 1. The summed E-state index contributed by atoms with van der Waals surface area (Å²) in [4.78, 5) is 21.4. The number of carbonyl (C=O) groups is 2. The zero-order valence-electron chi connectivity index (χ0n) is 10.4. The van der Waals surface area contributed by atoms with Crippen LogP contribution in [-0.4, -0.2) is 39.1 Å². The molecule has 0 spiro atoms. The van der Waals surface area contributed by atoms with Gasteiger partial charge in [-0.2, -0.15) is 0 Å². The third-order valence-corrected chi connectivity index (χ3v) is 4.22. The number of methoxy groups -OCH3 is 1. The number of hydrogen-bond acceptors (Lipinski definition) is 5. The van der Waals surface area contributed by atoms with Gasteiger partial charge in [0.25, 0.3) is 0 Å². The lowest BCUT2D eigenvalue weighted by molar-refractivity contribution is -0.136. The number of benzene rings is 1. The van der Waals surface area contributed by atoms with Crippen molar-refractivity contribution in [3.05, 3.63) is 28.8 Å². The largest absolute Gasteiger partial charge is 0.481 e. The van der Waals surface area contributed by atoms with Crippen molar-refractivity contribution in [3.63, 3.8) is 0 Å². The summed E-state index contributed by atoms with van der Waals surface area (Å²) in [7, 11) is -2.84. The summed E-state index contributed by atoms with van der Waals surface area (Å²) in [5.74, 6) is -1.84. The Morgan fingerprint density at radius 2 is 2.05 bits per heavy atom. The van der Waals surface area contributed by atoms with Crippen LogP contribution in [0.25, 0.3) is 0 Å². The molecule has 110 valence electrons. The molecule has 0 fully saturated rings. The predicted octanol–water partition coefficient (Wildman–Crippen LogP) is 0.880. The molecule has 2 N–H and O–H groups in total. The van der Waals surface area contributed by atoms with E-state index in [0.717, 1.165) is 13.2 Å². The maximum atomic E-state index is 12.0. The fourth-order valence-corrected chi connectivity index (χ4v) is 2.88. The lowest BCUT2D eigenvalue weighted by Crippen LogP contribution is -2.26. The summed E-state index contributed by atoms with van der Waals surface area (Å²) in [6, 6.07) is 3.64. The van der Waals surface area contributed by atoms with Crippen LogP contribution in [0.15, 0.2) is 23.1 Å². The Labute approximate surface area is 120 Å². The molecule has 0 bridgehead atoms. The van der Waals surface area contributed by atoms with E-state index in [0.29, 0.717) is 0 Å². The molecule has 0 amide bonds. The predicted molar refractivity (Wildman–Crippen MR) is 70.2 cm³/mol. The molecule has 0 saturated carbocycles. The second-order valence-electron chi connectivity index (χ2n) is 3.68. The second-order valence-corrected chi connectivity index (χ2v) is 5.82. The van der Waals surface area contributed by atoms with Gasteiger partial charge in [-0.3, -0.25) is 4.79 Å². The first kappa shape index (κ1) is 16.4. The first-order valence-corrected chi connectivity index (χ1v) is 7.23. The van der Waals surface area contributed by atoms with Gasteiger partial charge in [0.1, 0.15) is 4.90 Å². The highest BCUT2D eigenvalue weighted by Gasteiger charge is 2.20. The van der Waals surface area contributed by atoms with Crippen molar-refractivity contribution >= 4 is 33.6 Å². The normalized spacial score (nSPS) is 11.1. The minimum Gasteiger partial charge on any atom is -0.481 e. The molecule has 9 heteroatoms. The molecule has 0 radical (unpaired) electrons. The van der Waals surface area contributed by atoms with Crippen molar-refractivity contribution in [2.45, 2.75) is 11.3 Å². The number of esters is 1. The number of carboxylic acids is 1. The van der Waals surface area contributed by atoms with E-state index >= 15 is 0 Å². The van der Waals surface area contributed by atoms with Crippen LogP contribution in [0.4, 0.5) is 0 Å². The maximum Gasteiger partial charge on any atom is 0.337 e. The van der Waals surface area contributed by atoms with E-state index in [1.165, 1.54) is 12.1 Å². The average molecular weight is 322 g/mol. The van der Waals surface area contributed by atoms with Crippen LogP contribution in [0.5, 0.6) is 0 Å². The first-order valence-electron chi connectivity index (χ1n) is 5.37. The second kappa shape index (κ2) is 6.69. The first-order chi connectivity index (χ1) is 9.27. The summed E-state index contributed by atoms with van der Waals surface area (Å²) in [6.07, 6.45) is -0.368. The van der Waals surface area contributed by atoms with Crippen molar-refractivity contribution in [1.82, 2.24) is 4.72 Å². The van der Waals surface area contributed by atoms with Crippen molar-refractivity contribution < 1.29 is 27.9 Å². The number of rotatable bonds is 6. The van der Waals surface area contributed by atoms with Gasteiger partial charge in [-0.15, -0.1) is 0 Å². The van der Waals surface area contributed by atoms with Gasteiger partial charge < -0.3 is 9.84 Å². The minimum absolute atomic E-state index is 0.0236. The molecular formula is C11H12ClNO6S. The summed E-state index contributed by atoms with van der Waals surface area (Å²) in [5, 5.41) is 8.38. The Morgan fingerprint density at radius 1 is 1.40 bits per heavy atom. The van der Waals surface area contributed by atoms with E-state index in [4.69, 9.17) is 16.7 Å². The third-order valence-electron chi connectivity index (χ3n) is 2.27. The van der Waals surface area contributed by atoms with Crippen LogP contribution in [0, 0.1) is 0 Å².